The molecule has 0 saturated carbocycles. The zero-order valence-electron chi connectivity index (χ0n) is 9.60. The van der Waals surface area contributed by atoms with Gasteiger partial charge >= 0.3 is 0 Å². The number of amides is 1. The van der Waals surface area contributed by atoms with Gasteiger partial charge in [0.25, 0.3) is 0 Å². The fourth-order valence-electron chi connectivity index (χ4n) is 1.57. The minimum absolute atomic E-state index is 0. The first-order valence-electron chi connectivity index (χ1n) is 5.06. The Bertz CT molecular complexity index is 324. The van der Waals surface area contributed by atoms with Gasteiger partial charge in [-0.25, -0.2) is 8.42 Å². The van der Waals surface area contributed by atoms with Gasteiger partial charge in [-0.2, -0.15) is 0 Å². The number of sulfone groups is 1. The molecule has 7 heteroatoms. The molecule has 1 N–H and O–H groups in total. The average Bonchev–Trinajstić information content (AvgIpc) is 2.18. The monoisotopic (exact) mass is 270 g/mol. The summed E-state index contributed by atoms with van der Waals surface area (Å²) in [6.07, 6.45) is 1.23. The van der Waals surface area contributed by atoms with E-state index in [2.05, 4.69) is 5.32 Å². The van der Waals surface area contributed by atoms with Gasteiger partial charge in [-0.15, -0.1) is 12.4 Å². The minimum atomic E-state index is -3.26. The van der Waals surface area contributed by atoms with Gasteiger partial charge in [0, 0.05) is 14.1 Å². The van der Waals surface area contributed by atoms with Crippen molar-refractivity contribution in [1.82, 2.24) is 10.2 Å². The highest BCUT2D eigenvalue weighted by molar-refractivity contribution is 7.92. The van der Waals surface area contributed by atoms with E-state index >= 15 is 0 Å². The topological polar surface area (TPSA) is 66.5 Å². The average molecular weight is 271 g/mol. The van der Waals surface area contributed by atoms with Gasteiger partial charge in [0.1, 0.15) is 5.75 Å². The fraction of sp³-hybridized carbons (Fsp3) is 0.889. The number of carbonyl (C=O) groups excluding carboxylic acids is 1. The van der Waals surface area contributed by atoms with Crippen molar-refractivity contribution in [2.45, 2.75) is 18.1 Å². The van der Waals surface area contributed by atoms with E-state index in [1.807, 2.05) is 0 Å². The summed E-state index contributed by atoms with van der Waals surface area (Å²) >= 11 is 0. The quantitative estimate of drug-likeness (QED) is 0.762. The molecule has 0 aliphatic carbocycles. The van der Waals surface area contributed by atoms with E-state index in [0.717, 1.165) is 13.1 Å². The lowest BCUT2D eigenvalue weighted by Crippen LogP contribution is -2.40. The summed E-state index contributed by atoms with van der Waals surface area (Å²) in [7, 11) is -0.119. The first-order valence-corrected chi connectivity index (χ1v) is 6.77. The molecule has 0 aromatic heterocycles. The van der Waals surface area contributed by atoms with Gasteiger partial charge in [-0.05, 0) is 25.9 Å². The second kappa shape index (κ2) is 6.42. The van der Waals surface area contributed by atoms with E-state index < -0.39 is 9.84 Å². The molecule has 16 heavy (non-hydrogen) atoms. The SMILES string of the molecule is CN(C)C(=O)CS(=O)(=O)C1CCNCC1.Cl. The number of hydrogen-bond acceptors (Lipinski definition) is 4. The predicted molar refractivity (Wildman–Crippen MR) is 65.6 cm³/mol. The predicted octanol–water partition coefficient (Wildman–Crippen LogP) is -0.337. The summed E-state index contributed by atoms with van der Waals surface area (Å²) < 4.78 is 23.7. The van der Waals surface area contributed by atoms with Crippen molar-refractivity contribution < 1.29 is 13.2 Å². The smallest absolute Gasteiger partial charge is 0.237 e. The first-order chi connectivity index (χ1) is 6.93. The Morgan fingerprint density at radius 1 is 1.31 bits per heavy atom. The van der Waals surface area contributed by atoms with E-state index in [9.17, 15) is 13.2 Å². The van der Waals surface area contributed by atoms with Crippen LogP contribution in [0.4, 0.5) is 0 Å². The minimum Gasteiger partial charge on any atom is -0.348 e. The van der Waals surface area contributed by atoms with Crippen LogP contribution in [-0.4, -0.2) is 57.4 Å². The van der Waals surface area contributed by atoms with Crippen LogP contribution < -0.4 is 5.32 Å². The van der Waals surface area contributed by atoms with Gasteiger partial charge in [0.15, 0.2) is 9.84 Å². The second-order valence-corrected chi connectivity index (χ2v) is 6.33. The Labute approximate surface area is 103 Å². The molecule has 0 bridgehead atoms. The van der Waals surface area contributed by atoms with Crippen molar-refractivity contribution in [1.29, 1.82) is 0 Å². The summed E-state index contributed by atoms with van der Waals surface area (Å²) in [5.41, 5.74) is 0. The van der Waals surface area contributed by atoms with Crippen molar-refractivity contribution in [3.05, 3.63) is 0 Å². The molecular weight excluding hydrogens is 252 g/mol. The third kappa shape index (κ3) is 4.27. The number of piperidine rings is 1. The Morgan fingerprint density at radius 2 is 1.81 bits per heavy atom. The molecular formula is C9H19ClN2O3S. The molecule has 0 atom stereocenters. The summed E-state index contributed by atoms with van der Waals surface area (Å²) in [6, 6.07) is 0. The zero-order chi connectivity index (χ0) is 11.5. The van der Waals surface area contributed by atoms with Crippen LogP contribution in [0.5, 0.6) is 0 Å². The third-order valence-corrected chi connectivity index (χ3v) is 4.75. The normalized spacial score (nSPS) is 17.6. The standard InChI is InChI=1S/C9H18N2O3S.ClH/c1-11(2)9(12)7-15(13,14)8-3-5-10-6-4-8;/h8,10H,3-7H2,1-2H3;1H. The summed E-state index contributed by atoms with van der Waals surface area (Å²) in [6.45, 7) is 1.44. The van der Waals surface area contributed by atoms with Crippen LogP contribution in [0.25, 0.3) is 0 Å². The van der Waals surface area contributed by atoms with Crippen LogP contribution in [0.15, 0.2) is 0 Å². The molecule has 1 aliphatic rings. The van der Waals surface area contributed by atoms with Crippen LogP contribution in [0, 0.1) is 0 Å². The summed E-state index contributed by atoms with van der Waals surface area (Å²) in [5, 5.41) is 2.76. The van der Waals surface area contributed by atoms with E-state index in [4.69, 9.17) is 0 Å². The van der Waals surface area contributed by atoms with Crippen LogP contribution in [-0.2, 0) is 14.6 Å². The number of carbonyl (C=O) groups is 1. The highest BCUT2D eigenvalue weighted by Crippen LogP contribution is 2.14. The molecule has 5 nitrogen and oxygen atoms in total. The molecule has 0 aromatic carbocycles. The van der Waals surface area contributed by atoms with Crippen LogP contribution in [0.2, 0.25) is 0 Å². The summed E-state index contributed by atoms with van der Waals surface area (Å²) in [4.78, 5) is 12.7. The Kier molecular flexibility index (Phi) is 6.28. The molecule has 1 aliphatic heterocycles. The number of hydrogen-bond donors (Lipinski definition) is 1. The second-order valence-electron chi connectivity index (χ2n) is 4.04. The van der Waals surface area contributed by atoms with Crippen LogP contribution in [0.3, 0.4) is 0 Å². The molecule has 1 fully saturated rings. The zero-order valence-corrected chi connectivity index (χ0v) is 11.2. The maximum atomic E-state index is 11.8. The number of rotatable bonds is 3. The Balaban J connectivity index is 0.00000225. The third-order valence-electron chi connectivity index (χ3n) is 2.62. The highest BCUT2D eigenvalue weighted by Gasteiger charge is 2.29. The van der Waals surface area contributed by atoms with Gasteiger partial charge in [-0.1, -0.05) is 0 Å². The molecule has 0 unspecified atom stereocenters. The Morgan fingerprint density at radius 3 is 2.25 bits per heavy atom. The van der Waals surface area contributed by atoms with E-state index in [-0.39, 0.29) is 29.3 Å². The van der Waals surface area contributed by atoms with Crippen LogP contribution in [0.1, 0.15) is 12.8 Å². The lowest BCUT2D eigenvalue weighted by Gasteiger charge is -2.23. The van der Waals surface area contributed by atoms with Crippen molar-refractivity contribution in [2.75, 3.05) is 32.9 Å². The molecule has 96 valence electrons. The maximum absolute atomic E-state index is 11.8. The number of nitrogens with one attached hydrogen (secondary N) is 1. The van der Waals surface area contributed by atoms with Crippen LogP contribution >= 0.6 is 12.4 Å². The van der Waals surface area contributed by atoms with Gasteiger partial charge < -0.3 is 10.2 Å². The lowest BCUT2D eigenvalue weighted by atomic mass is 10.2. The Hall–Kier alpha value is -0.330. The summed E-state index contributed by atoms with van der Waals surface area (Å²) in [5.74, 6) is -0.696. The highest BCUT2D eigenvalue weighted by atomic mass is 35.5. The van der Waals surface area contributed by atoms with Crippen molar-refractivity contribution in [2.24, 2.45) is 0 Å². The fourth-order valence-corrected chi connectivity index (χ4v) is 3.37. The van der Waals surface area contributed by atoms with E-state index in [1.54, 1.807) is 14.1 Å². The number of nitrogens with zero attached hydrogens (tertiary/aromatic N) is 1. The number of halogens is 1. The van der Waals surface area contributed by atoms with Crippen molar-refractivity contribution in [3.63, 3.8) is 0 Å². The van der Waals surface area contributed by atoms with Crippen molar-refractivity contribution >= 4 is 28.2 Å². The lowest BCUT2D eigenvalue weighted by molar-refractivity contribution is -0.125. The molecule has 1 saturated heterocycles. The molecule has 0 radical (unpaired) electrons. The molecule has 1 amide bonds. The molecule has 0 aromatic rings. The van der Waals surface area contributed by atoms with E-state index in [0.29, 0.717) is 12.8 Å². The van der Waals surface area contributed by atoms with Gasteiger partial charge in [-0.3, -0.25) is 4.79 Å². The largest absolute Gasteiger partial charge is 0.348 e. The van der Waals surface area contributed by atoms with Gasteiger partial charge in [0.2, 0.25) is 5.91 Å². The molecule has 0 spiro atoms. The maximum Gasteiger partial charge on any atom is 0.237 e. The van der Waals surface area contributed by atoms with E-state index in [1.165, 1.54) is 4.90 Å². The van der Waals surface area contributed by atoms with Gasteiger partial charge in [0.05, 0.1) is 5.25 Å². The van der Waals surface area contributed by atoms with Crippen molar-refractivity contribution in [3.8, 4) is 0 Å². The molecule has 1 rings (SSSR count). The first kappa shape index (κ1) is 15.7. The molecule has 1 heterocycles.